The second-order valence-corrected chi connectivity index (χ2v) is 6.19. The van der Waals surface area contributed by atoms with E-state index in [1.807, 2.05) is 54.6 Å². The summed E-state index contributed by atoms with van der Waals surface area (Å²) in [5.74, 6) is 0. The number of pyridine rings is 1. The zero-order chi connectivity index (χ0) is 19.1. The third-order valence-corrected chi connectivity index (χ3v) is 4.29. The molecule has 0 amide bonds. The molecule has 0 saturated carbocycles. The number of rotatable bonds is 5. The SMILES string of the molecule is CC[n+]1c(/C=C/c2cccc(N)c2)cccc1/C=C/c1cccc(C#N)c1. The molecule has 1 aromatic heterocycles. The van der Waals surface area contributed by atoms with Crippen LogP contribution < -0.4 is 10.3 Å². The number of nitriles is 1. The summed E-state index contributed by atoms with van der Waals surface area (Å²) in [6.45, 7) is 2.99. The molecule has 3 rings (SSSR count). The summed E-state index contributed by atoms with van der Waals surface area (Å²) in [5.41, 5.74) is 11.6. The molecule has 0 radical (unpaired) electrons. The lowest BCUT2D eigenvalue weighted by molar-refractivity contribution is -0.696. The molecule has 0 bridgehead atoms. The van der Waals surface area contributed by atoms with Gasteiger partial charge in [-0.25, -0.2) is 0 Å². The Kier molecular flexibility index (Phi) is 5.81. The lowest BCUT2D eigenvalue weighted by Crippen LogP contribution is -2.38. The van der Waals surface area contributed by atoms with E-state index in [9.17, 15) is 0 Å². The van der Waals surface area contributed by atoms with Crippen molar-refractivity contribution in [2.45, 2.75) is 13.5 Å². The Hall–Kier alpha value is -3.64. The average Bonchev–Trinajstić information content (AvgIpc) is 2.70. The molecule has 2 aromatic carbocycles. The monoisotopic (exact) mass is 352 g/mol. The van der Waals surface area contributed by atoms with Gasteiger partial charge in [-0.3, -0.25) is 0 Å². The van der Waals surface area contributed by atoms with Crippen molar-refractivity contribution in [3.63, 3.8) is 0 Å². The van der Waals surface area contributed by atoms with Crippen molar-refractivity contribution >= 4 is 30.0 Å². The molecule has 3 aromatic rings. The highest BCUT2D eigenvalue weighted by Gasteiger charge is 2.10. The van der Waals surface area contributed by atoms with E-state index in [-0.39, 0.29) is 0 Å². The van der Waals surface area contributed by atoms with Crippen molar-refractivity contribution < 1.29 is 4.57 Å². The van der Waals surface area contributed by atoms with Crippen LogP contribution in [0.1, 0.15) is 35.0 Å². The van der Waals surface area contributed by atoms with Crippen LogP contribution >= 0.6 is 0 Å². The van der Waals surface area contributed by atoms with Crippen molar-refractivity contribution in [3.8, 4) is 6.07 Å². The first kappa shape index (κ1) is 18.2. The van der Waals surface area contributed by atoms with Crippen LogP contribution in [0.25, 0.3) is 24.3 Å². The van der Waals surface area contributed by atoms with E-state index in [0.717, 1.165) is 34.7 Å². The topological polar surface area (TPSA) is 53.7 Å². The number of benzene rings is 2. The van der Waals surface area contributed by atoms with Crippen LogP contribution in [-0.2, 0) is 6.54 Å². The molecule has 3 nitrogen and oxygen atoms in total. The summed E-state index contributed by atoms with van der Waals surface area (Å²) in [4.78, 5) is 0. The molecule has 27 heavy (non-hydrogen) atoms. The van der Waals surface area contributed by atoms with E-state index in [0.29, 0.717) is 5.56 Å². The quantitative estimate of drug-likeness (QED) is 0.530. The van der Waals surface area contributed by atoms with Crippen LogP contribution in [0.2, 0.25) is 0 Å². The highest BCUT2D eigenvalue weighted by Crippen LogP contribution is 2.12. The Bertz CT molecular complexity index is 1040. The summed E-state index contributed by atoms with van der Waals surface area (Å²) in [5, 5.41) is 9.04. The number of anilines is 1. The Labute approximate surface area is 160 Å². The number of hydrogen-bond acceptors (Lipinski definition) is 2. The molecule has 132 valence electrons. The average molecular weight is 352 g/mol. The molecule has 2 N–H and O–H groups in total. The minimum atomic E-state index is 0.666. The van der Waals surface area contributed by atoms with Gasteiger partial charge in [0, 0.05) is 30.0 Å². The van der Waals surface area contributed by atoms with Crippen LogP contribution in [0.15, 0.2) is 66.7 Å². The van der Waals surface area contributed by atoms with Gasteiger partial charge in [-0.2, -0.15) is 9.83 Å². The Balaban J connectivity index is 1.90. The van der Waals surface area contributed by atoms with Gasteiger partial charge < -0.3 is 5.73 Å². The fourth-order valence-electron chi connectivity index (χ4n) is 2.97. The predicted molar refractivity (Wildman–Crippen MR) is 112 cm³/mol. The van der Waals surface area contributed by atoms with E-state index >= 15 is 0 Å². The van der Waals surface area contributed by atoms with Gasteiger partial charge in [-0.05, 0) is 60.5 Å². The summed E-state index contributed by atoms with van der Waals surface area (Å²) < 4.78 is 2.24. The lowest BCUT2D eigenvalue weighted by atomic mass is 10.1. The fraction of sp³-hybridized carbons (Fsp3) is 0.0833. The summed E-state index contributed by atoms with van der Waals surface area (Å²) in [7, 11) is 0. The van der Waals surface area contributed by atoms with Crippen LogP contribution in [-0.4, -0.2) is 0 Å². The highest BCUT2D eigenvalue weighted by atomic mass is 15.0. The van der Waals surface area contributed by atoms with Gasteiger partial charge in [0.05, 0.1) is 11.6 Å². The number of nitrogens with zero attached hydrogens (tertiary/aromatic N) is 2. The van der Waals surface area contributed by atoms with Crippen molar-refractivity contribution in [1.29, 1.82) is 5.26 Å². The predicted octanol–water partition coefficient (Wildman–Crippen LogP) is 4.79. The minimum absolute atomic E-state index is 0.666. The minimum Gasteiger partial charge on any atom is -0.399 e. The Morgan fingerprint density at radius 3 is 2.04 bits per heavy atom. The molecular weight excluding hydrogens is 330 g/mol. The largest absolute Gasteiger partial charge is 0.399 e. The molecule has 0 aliphatic heterocycles. The maximum atomic E-state index is 9.04. The van der Waals surface area contributed by atoms with Crippen LogP contribution in [0, 0.1) is 11.3 Å². The third kappa shape index (κ3) is 4.71. The van der Waals surface area contributed by atoms with Gasteiger partial charge in [0.15, 0.2) is 0 Å². The Morgan fingerprint density at radius 2 is 1.44 bits per heavy atom. The van der Waals surface area contributed by atoms with E-state index in [1.54, 1.807) is 0 Å². The van der Waals surface area contributed by atoms with Crippen LogP contribution in [0.5, 0.6) is 0 Å². The second-order valence-electron chi connectivity index (χ2n) is 6.19. The van der Waals surface area contributed by atoms with Crippen molar-refractivity contribution in [2.75, 3.05) is 5.73 Å². The zero-order valence-electron chi connectivity index (χ0n) is 15.3. The number of nitrogens with two attached hydrogens (primary N) is 1. The van der Waals surface area contributed by atoms with E-state index in [1.165, 1.54) is 0 Å². The van der Waals surface area contributed by atoms with Crippen LogP contribution in [0.4, 0.5) is 5.69 Å². The third-order valence-electron chi connectivity index (χ3n) is 4.29. The normalized spacial score (nSPS) is 11.1. The maximum absolute atomic E-state index is 9.04. The fourth-order valence-corrected chi connectivity index (χ4v) is 2.97. The van der Waals surface area contributed by atoms with Gasteiger partial charge >= 0.3 is 0 Å². The molecule has 0 unspecified atom stereocenters. The molecule has 1 heterocycles. The number of hydrogen-bond donors (Lipinski definition) is 1. The Morgan fingerprint density at radius 1 is 0.852 bits per heavy atom. The second kappa shape index (κ2) is 8.64. The molecule has 0 fully saturated rings. The highest BCUT2D eigenvalue weighted by molar-refractivity contribution is 5.70. The van der Waals surface area contributed by atoms with E-state index < -0.39 is 0 Å². The molecule has 0 spiro atoms. The number of nitrogen functional groups attached to an aromatic ring is 1. The standard InChI is InChI=1S/C24H22N3/c1-2-27-23(14-12-19-6-3-8-21(16-19)18-25)10-5-11-24(27)15-13-20-7-4-9-22(26)17-20/h3-17H,2,26H2,1H3/q+1/b14-12+,15-13+. The molecule has 0 aliphatic carbocycles. The molecular formula is C24H22N3+. The van der Waals surface area contributed by atoms with E-state index in [4.69, 9.17) is 11.0 Å². The molecule has 0 aliphatic rings. The van der Waals surface area contributed by atoms with Gasteiger partial charge in [0.1, 0.15) is 6.54 Å². The van der Waals surface area contributed by atoms with Gasteiger partial charge in [-0.1, -0.05) is 24.3 Å². The molecule has 0 atom stereocenters. The van der Waals surface area contributed by atoms with Gasteiger partial charge in [-0.15, -0.1) is 0 Å². The summed E-state index contributed by atoms with van der Waals surface area (Å²) in [6.07, 6.45) is 8.29. The summed E-state index contributed by atoms with van der Waals surface area (Å²) >= 11 is 0. The van der Waals surface area contributed by atoms with E-state index in [2.05, 4.69) is 54.0 Å². The maximum Gasteiger partial charge on any atom is 0.205 e. The number of aromatic nitrogens is 1. The first-order chi connectivity index (χ1) is 13.2. The van der Waals surface area contributed by atoms with Crippen LogP contribution in [0.3, 0.4) is 0 Å². The molecule has 0 saturated heterocycles. The van der Waals surface area contributed by atoms with Crippen molar-refractivity contribution in [1.82, 2.24) is 0 Å². The summed E-state index contributed by atoms with van der Waals surface area (Å²) in [6, 6.07) is 23.8. The lowest BCUT2D eigenvalue weighted by Gasteiger charge is -2.02. The van der Waals surface area contributed by atoms with Crippen molar-refractivity contribution in [3.05, 3.63) is 94.8 Å². The first-order valence-corrected chi connectivity index (χ1v) is 8.94. The molecule has 3 heteroatoms. The zero-order valence-corrected chi connectivity index (χ0v) is 15.3. The van der Waals surface area contributed by atoms with Gasteiger partial charge in [0.2, 0.25) is 11.4 Å². The smallest absolute Gasteiger partial charge is 0.205 e. The first-order valence-electron chi connectivity index (χ1n) is 8.94. The van der Waals surface area contributed by atoms with Crippen molar-refractivity contribution in [2.24, 2.45) is 0 Å². The van der Waals surface area contributed by atoms with Gasteiger partial charge in [0.25, 0.3) is 0 Å².